The van der Waals surface area contributed by atoms with Crippen molar-refractivity contribution >= 4 is 5.91 Å². The minimum Gasteiger partial charge on any atom is -0.377 e. The molecule has 1 fully saturated rings. The lowest BCUT2D eigenvalue weighted by Gasteiger charge is -2.33. The average molecular weight is 286 g/mol. The molecule has 0 spiro atoms. The van der Waals surface area contributed by atoms with Crippen LogP contribution < -0.4 is 0 Å². The van der Waals surface area contributed by atoms with E-state index in [0.29, 0.717) is 12.1 Å². The van der Waals surface area contributed by atoms with Gasteiger partial charge in [0.15, 0.2) is 0 Å². The summed E-state index contributed by atoms with van der Waals surface area (Å²) in [5, 5.41) is 8.93. The van der Waals surface area contributed by atoms with Crippen molar-refractivity contribution in [1.82, 2.24) is 4.90 Å². The Morgan fingerprint density at radius 2 is 2.33 bits per heavy atom. The summed E-state index contributed by atoms with van der Waals surface area (Å²) in [6.07, 6.45) is 2.76. The Bertz CT molecular complexity index is 536. The highest BCUT2D eigenvalue weighted by Gasteiger charge is 2.32. The molecule has 0 aromatic heterocycles. The van der Waals surface area contributed by atoms with Gasteiger partial charge in [-0.2, -0.15) is 5.26 Å². The van der Waals surface area contributed by atoms with Crippen LogP contribution in [-0.4, -0.2) is 30.6 Å². The first-order chi connectivity index (χ1) is 10.2. The molecular formula is C17H22N2O2. The standard InChI is InChI=1S/C17H22N2O2/c1-3-16-15(8-5-9-21-16)17(20)19(2)12-14-7-4-6-13(10-14)11-18/h4,6-7,10,15-16H,3,5,8-9,12H2,1-2H3/t15-,16-/m0/s1. The van der Waals surface area contributed by atoms with E-state index in [2.05, 4.69) is 13.0 Å². The normalized spacial score (nSPS) is 21.6. The van der Waals surface area contributed by atoms with Crippen molar-refractivity contribution in [3.05, 3.63) is 35.4 Å². The van der Waals surface area contributed by atoms with E-state index in [4.69, 9.17) is 10.00 Å². The summed E-state index contributed by atoms with van der Waals surface area (Å²) in [4.78, 5) is 14.4. The van der Waals surface area contributed by atoms with Gasteiger partial charge >= 0.3 is 0 Å². The summed E-state index contributed by atoms with van der Waals surface area (Å²) >= 11 is 0. The van der Waals surface area contributed by atoms with E-state index in [1.165, 1.54) is 0 Å². The maximum absolute atomic E-state index is 12.6. The number of amides is 1. The Hall–Kier alpha value is -1.86. The van der Waals surface area contributed by atoms with Gasteiger partial charge in [-0.1, -0.05) is 19.1 Å². The molecule has 112 valence electrons. The first kappa shape index (κ1) is 15.5. The van der Waals surface area contributed by atoms with Gasteiger partial charge in [0.05, 0.1) is 23.7 Å². The topological polar surface area (TPSA) is 53.3 Å². The van der Waals surface area contributed by atoms with Crippen LogP contribution in [0.3, 0.4) is 0 Å². The molecule has 2 atom stereocenters. The van der Waals surface area contributed by atoms with E-state index in [9.17, 15) is 4.79 Å². The van der Waals surface area contributed by atoms with Crippen LogP contribution in [0.4, 0.5) is 0 Å². The number of nitriles is 1. The third-order valence-corrected chi connectivity index (χ3v) is 4.01. The molecular weight excluding hydrogens is 264 g/mol. The molecule has 4 heteroatoms. The fourth-order valence-electron chi connectivity index (χ4n) is 2.90. The zero-order chi connectivity index (χ0) is 15.2. The molecule has 0 aliphatic carbocycles. The monoisotopic (exact) mass is 286 g/mol. The Kier molecular flexibility index (Phi) is 5.35. The summed E-state index contributed by atoms with van der Waals surface area (Å²) in [6.45, 7) is 3.35. The molecule has 1 aliphatic heterocycles. The lowest BCUT2D eigenvalue weighted by Crippen LogP contribution is -2.41. The molecule has 0 radical (unpaired) electrons. The number of hydrogen-bond acceptors (Lipinski definition) is 3. The van der Waals surface area contributed by atoms with Gasteiger partial charge in [-0.25, -0.2) is 0 Å². The van der Waals surface area contributed by atoms with E-state index >= 15 is 0 Å². The summed E-state index contributed by atoms with van der Waals surface area (Å²) in [7, 11) is 1.82. The van der Waals surface area contributed by atoms with Crippen LogP contribution >= 0.6 is 0 Å². The minimum atomic E-state index is -0.0344. The number of benzene rings is 1. The quantitative estimate of drug-likeness (QED) is 0.855. The van der Waals surface area contributed by atoms with Crippen LogP contribution in [-0.2, 0) is 16.1 Å². The second-order valence-corrected chi connectivity index (χ2v) is 5.57. The van der Waals surface area contributed by atoms with Crippen molar-refractivity contribution in [1.29, 1.82) is 5.26 Å². The van der Waals surface area contributed by atoms with Crippen molar-refractivity contribution in [2.75, 3.05) is 13.7 Å². The van der Waals surface area contributed by atoms with Gasteiger partial charge in [0.25, 0.3) is 0 Å². The first-order valence-electron chi connectivity index (χ1n) is 7.51. The predicted molar refractivity (Wildman–Crippen MR) is 80.4 cm³/mol. The number of nitrogens with zero attached hydrogens (tertiary/aromatic N) is 2. The highest BCUT2D eigenvalue weighted by molar-refractivity contribution is 5.79. The van der Waals surface area contributed by atoms with Gasteiger partial charge in [-0.15, -0.1) is 0 Å². The van der Waals surface area contributed by atoms with Crippen LogP contribution in [0.15, 0.2) is 24.3 Å². The molecule has 1 saturated heterocycles. The van der Waals surface area contributed by atoms with Gasteiger partial charge < -0.3 is 9.64 Å². The van der Waals surface area contributed by atoms with Crippen molar-refractivity contribution in [2.24, 2.45) is 5.92 Å². The molecule has 0 saturated carbocycles. The zero-order valence-corrected chi connectivity index (χ0v) is 12.7. The van der Waals surface area contributed by atoms with E-state index in [1.807, 2.05) is 25.2 Å². The molecule has 0 unspecified atom stereocenters. The van der Waals surface area contributed by atoms with Gasteiger partial charge in [-0.05, 0) is 37.0 Å². The number of rotatable bonds is 4. The molecule has 4 nitrogen and oxygen atoms in total. The largest absolute Gasteiger partial charge is 0.377 e. The van der Waals surface area contributed by atoms with E-state index < -0.39 is 0 Å². The van der Waals surface area contributed by atoms with Gasteiger partial charge in [-0.3, -0.25) is 4.79 Å². The van der Waals surface area contributed by atoms with E-state index in [-0.39, 0.29) is 17.9 Å². The van der Waals surface area contributed by atoms with Crippen LogP contribution in [0.5, 0.6) is 0 Å². The lowest BCUT2D eigenvalue weighted by atomic mass is 9.91. The maximum Gasteiger partial charge on any atom is 0.228 e. The molecule has 0 N–H and O–H groups in total. The van der Waals surface area contributed by atoms with Gasteiger partial charge in [0.2, 0.25) is 5.91 Å². The fraction of sp³-hybridized carbons (Fsp3) is 0.529. The van der Waals surface area contributed by atoms with E-state index in [1.54, 1.807) is 11.0 Å². The number of ether oxygens (including phenoxy) is 1. The lowest BCUT2D eigenvalue weighted by molar-refractivity contribution is -0.144. The number of carbonyl (C=O) groups excluding carboxylic acids is 1. The van der Waals surface area contributed by atoms with Crippen molar-refractivity contribution in [3.8, 4) is 6.07 Å². The summed E-state index contributed by atoms with van der Waals surface area (Å²) < 4.78 is 5.71. The minimum absolute atomic E-state index is 0.0344. The highest BCUT2D eigenvalue weighted by atomic mass is 16.5. The number of carbonyl (C=O) groups is 1. The Morgan fingerprint density at radius 1 is 1.52 bits per heavy atom. The zero-order valence-electron chi connectivity index (χ0n) is 12.7. The predicted octanol–water partition coefficient (Wildman–Crippen LogP) is 2.72. The SMILES string of the molecule is CC[C@@H]1OCCC[C@@H]1C(=O)N(C)Cc1cccc(C#N)c1. The van der Waals surface area contributed by atoms with Crippen LogP contribution in [0.2, 0.25) is 0 Å². The molecule has 1 aromatic rings. The fourth-order valence-corrected chi connectivity index (χ4v) is 2.90. The van der Waals surface area contributed by atoms with E-state index in [0.717, 1.165) is 31.4 Å². The smallest absolute Gasteiger partial charge is 0.228 e. The second-order valence-electron chi connectivity index (χ2n) is 5.57. The van der Waals surface area contributed by atoms with Crippen LogP contribution in [0, 0.1) is 17.2 Å². The highest BCUT2D eigenvalue weighted by Crippen LogP contribution is 2.25. The van der Waals surface area contributed by atoms with Crippen molar-refractivity contribution in [3.63, 3.8) is 0 Å². The molecule has 0 bridgehead atoms. The Morgan fingerprint density at radius 3 is 3.05 bits per heavy atom. The van der Waals surface area contributed by atoms with Crippen LogP contribution in [0.25, 0.3) is 0 Å². The molecule has 1 aliphatic rings. The van der Waals surface area contributed by atoms with Gasteiger partial charge in [0.1, 0.15) is 0 Å². The molecule has 21 heavy (non-hydrogen) atoms. The first-order valence-corrected chi connectivity index (χ1v) is 7.51. The van der Waals surface area contributed by atoms with Crippen molar-refractivity contribution < 1.29 is 9.53 Å². The maximum atomic E-state index is 12.6. The van der Waals surface area contributed by atoms with Gasteiger partial charge in [0, 0.05) is 20.2 Å². The summed E-state index contributed by atoms with van der Waals surface area (Å²) in [5.41, 5.74) is 1.61. The third kappa shape index (κ3) is 3.83. The summed E-state index contributed by atoms with van der Waals surface area (Å²) in [5.74, 6) is 0.108. The summed E-state index contributed by atoms with van der Waals surface area (Å²) in [6, 6.07) is 9.52. The Labute approximate surface area is 126 Å². The van der Waals surface area contributed by atoms with Crippen LogP contribution in [0.1, 0.15) is 37.3 Å². The molecule has 2 rings (SSSR count). The average Bonchev–Trinajstić information content (AvgIpc) is 2.54. The second kappa shape index (κ2) is 7.24. The van der Waals surface area contributed by atoms with Crippen molar-refractivity contribution in [2.45, 2.75) is 38.8 Å². The molecule has 1 amide bonds. The number of hydrogen-bond donors (Lipinski definition) is 0. The molecule has 1 aromatic carbocycles. The molecule has 1 heterocycles. The Balaban J connectivity index is 2.03. The third-order valence-electron chi connectivity index (χ3n) is 4.01.